The van der Waals surface area contributed by atoms with E-state index in [1.54, 1.807) is 0 Å². The normalized spacial score (nSPS) is 10.6. The predicted molar refractivity (Wildman–Crippen MR) is 93.1 cm³/mol. The maximum absolute atomic E-state index is 3.60. The maximum Gasteiger partial charge on any atom is 0.0376 e. The standard InChI is InChI=1S/C20H27N/c1-3-4-5-8-15-21-20-10-7-6-9-19(20)16-18-13-11-17(2)12-14-18/h6-7,9-14,21H,3-5,8,15-16H2,1-2H3. The van der Waals surface area contributed by atoms with Crippen molar-refractivity contribution in [3.63, 3.8) is 0 Å². The predicted octanol–water partition coefficient (Wildman–Crippen LogP) is 5.58. The van der Waals surface area contributed by atoms with Crippen LogP contribution in [0.4, 0.5) is 5.69 Å². The number of anilines is 1. The summed E-state index contributed by atoms with van der Waals surface area (Å²) in [5, 5.41) is 3.60. The van der Waals surface area contributed by atoms with Crippen LogP contribution in [-0.2, 0) is 6.42 Å². The van der Waals surface area contributed by atoms with Crippen molar-refractivity contribution in [2.45, 2.75) is 46.0 Å². The van der Waals surface area contributed by atoms with Gasteiger partial charge in [0.05, 0.1) is 0 Å². The number of rotatable bonds is 8. The molecule has 0 heterocycles. The van der Waals surface area contributed by atoms with Crippen LogP contribution in [-0.4, -0.2) is 6.54 Å². The van der Waals surface area contributed by atoms with E-state index in [2.05, 4.69) is 67.7 Å². The molecule has 0 spiro atoms. The van der Waals surface area contributed by atoms with Gasteiger partial charge in [0.1, 0.15) is 0 Å². The third-order valence-corrected chi connectivity index (χ3v) is 3.88. The van der Waals surface area contributed by atoms with Crippen LogP contribution in [0.3, 0.4) is 0 Å². The molecular formula is C20H27N. The van der Waals surface area contributed by atoms with Crippen LogP contribution < -0.4 is 5.32 Å². The van der Waals surface area contributed by atoms with Gasteiger partial charge in [-0.2, -0.15) is 0 Å². The number of nitrogens with one attached hydrogen (secondary N) is 1. The van der Waals surface area contributed by atoms with Gasteiger partial charge in [-0.15, -0.1) is 0 Å². The molecule has 1 heteroatoms. The summed E-state index contributed by atoms with van der Waals surface area (Å²) < 4.78 is 0. The first-order valence-corrected chi connectivity index (χ1v) is 8.17. The van der Waals surface area contributed by atoms with Crippen molar-refractivity contribution in [3.05, 3.63) is 65.2 Å². The van der Waals surface area contributed by atoms with E-state index in [1.165, 1.54) is 48.1 Å². The largest absolute Gasteiger partial charge is 0.385 e. The highest BCUT2D eigenvalue weighted by Crippen LogP contribution is 2.19. The van der Waals surface area contributed by atoms with Crippen LogP contribution in [0.5, 0.6) is 0 Å². The Morgan fingerprint density at radius 1 is 0.857 bits per heavy atom. The zero-order chi connectivity index (χ0) is 14.9. The topological polar surface area (TPSA) is 12.0 Å². The zero-order valence-corrected chi connectivity index (χ0v) is 13.4. The van der Waals surface area contributed by atoms with Crippen molar-refractivity contribution in [2.24, 2.45) is 0 Å². The summed E-state index contributed by atoms with van der Waals surface area (Å²) in [5.41, 5.74) is 5.37. The van der Waals surface area contributed by atoms with Crippen molar-refractivity contribution in [2.75, 3.05) is 11.9 Å². The molecule has 1 N–H and O–H groups in total. The number of para-hydroxylation sites is 1. The maximum atomic E-state index is 3.60. The summed E-state index contributed by atoms with van der Waals surface area (Å²) >= 11 is 0. The van der Waals surface area contributed by atoms with E-state index in [9.17, 15) is 0 Å². The highest BCUT2D eigenvalue weighted by atomic mass is 14.9. The second kappa shape index (κ2) is 8.51. The molecule has 0 radical (unpaired) electrons. The Kier molecular flexibility index (Phi) is 6.33. The molecule has 0 bridgehead atoms. The van der Waals surface area contributed by atoms with Gasteiger partial charge in [0.25, 0.3) is 0 Å². The minimum atomic E-state index is 0.998. The Hall–Kier alpha value is -1.76. The lowest BCUT2D eigenvalue weighted by atomic mass is 10.0. The molecule has 0 saturated carbocycles. The first kappa shape index (κ1) is 15.6. The van der Waals surface area contributed by atoms with E-state index in [0.717, 1.165) is 13.0 Å². The number of aryl methyl sites for hydroxylation is 1. The molecule has 0 aromatic heterocycles. The first-order valence-electron chi connectivity index (χ1n) is 8.17. The molecule has 0 aliphatic carbocycles. The van der Waals surface area contributed by atoms with E-state index in [1.807, 2.05) is 0 Å². The molecule has 0 aliphatic rings. The molecule has 0 aliphatic heterocycles. The van der Waals surface area contributed by atoms with Crippen molar-refractivity contribution in [1.29, 1.82) is 0 Å². The zero-order valence-electron chi connectivity index (χ0n) is 13.4. The molecule has 2 aromatic rings. The summed E-state index contributed by atoms with van der Waals surface area (Å²) in [6, 6.07) is 17.5. The Labute approximate surface area is 129 Å². The Bertz CT molecular complexity index is 528. The lowest BCUT2D eigenvalue weighted by Gasteiger charge is -2.12. The quantitative estimate of drug-likeness (QED) is 0.623. The summed E-state index contributed by atoms with van der Waals surface area (Å²) in [6.07, 6.45) is 6.21. The van der Waals surface area contributed by atoms with E-state index < -0.39 is 0 Å². The van der Waals surface area contributed by atoms with Crippen LogP contribution in [0.2, 0.25) is 0 Å². The minimum absolute atomic E-state index is 0.998. The van der Waals surface area contributed by atoms with Crippen molar-refractivity contribution in [1.82, 2.24) is 0 Å². The molecule has 2 aromatic carbocycles. The number of hydrogen-bond acceptors (Lipinski definition) is 1. The van der Waals surface area contributed by atoms with E-state index in [4.69, 9.17) is 0 Å². The molecule has 0 amide bonds. The van der Waals surface area contributed by atoms with Crippen LogP contribution >= 0.6 is 0 Å². The fourth-order valence-corrected chi connectivity index (χ4v) is 2.55. The van der Waals surface area contributed by atoms with E-state index in [0.29, 0.717) is 0 Å². The van der Waals surface area contributed by atoms with Crippen LogP contribution in [0.1, 0.15) is 49.3 Å². The molecule has 112 valence electrons. The molecule has 0 saturated heterocycles. The third-order valence-electron chi connectivity index (χ3n) is 3.88. The minimum Gasteiger partial charge on any atom is -0.385 e. The smallest absolute Gasteiger partial charge is 0.0376 e. The van der Waals surface area contributed by atoms with Crippen LogP contribution in [0.15, 0.2) is 48.5 Å². The van der Waals surface area contributed by atoms with Gasteiger partial charge in [-0.1, -0.05) is 74.2 Å². The molecule has 1 nitrogen and oxygen atoms in total. The second-order valence-electron chi connectivity index (χ2n) is 5.81. The van der Waals surface area contributed by atoms with Gasteiger partial charge >= 0.3 is 0 Å². The van der Waals surface area contributed by atoms with Gasteiger partial charge in [0, 0.05) is 12.2 Å². The van der Waals surface area contributed by atoms with Gasteiger partial charge in [0.2, 0.25) is 0 Å². The first-order chi connectivity index (χ1) is 10.3. The average molecular weight is 281 g/mol. The lowest BCUT2D eigenvalue weighted by Crippen LogP contribution is -2.04. The van der Waals surface area contributed by atoms with E-state index >= 15 is 0 Å². The Morgan fingerprint density at radius 3 is 2.38 bits per heavy atom. The van der Waals surface area contributed by atoms with Crippen LogP contribution in [0.25, 0.3) is 0 Å². The lowest BCUT2D eigenvalue weighted by molar-refractivity contribution is 0.685. The molecule has 0 atom stereocenters. The van der Waals surface area contributed by atoms with Gasteiger partial charge in [0.15, 0.2) is 0 Å². The summed E-state index contributed by atoms with van der Waals surface area (Å²) in [7, 11) is 0. The number of hydrogen-bond donors (Lipinski definition) is 1. The number of unbranched alkanes of at least 4 members (excludes halogenated alkanes) is 3. The average Bonchev–Trinajstić information content (AvgIpc) is 2.51. The monoisotopic (exact) mass is 281 g/mol. The number of benzene rings is 2. The summed E-state index contributed by atoms with van der Waals surface area (Å²) in [6.45, 7) is 5.46. The molecular weight excluding hydrogens is 254 g/mol. The molecule has 21 heavy (non-hydrogen) atoms. The van der Waals surface area contributed by atoms with Crippen molar-refractivity contribution < 1.29 is 0 Å². The molecule has 2 rings (SSSR count). The second-order valence-corrected chi connectivity index (χ2v) is 5.81. The Balaban J connectivity index is 1.94. The van der Waals surface area contributed by atoms with Crippen molar-refractivity contribution >= 4 is 5.69 Å². The van der Waals surface area contributed by atoms with Gasteiger partial charge in [-0.05, 0) is 37.0 Å². The van der Waals surface area contributed by atoms with Crippen molar-refractivity contribution in [3.8, 4) is 0 Å². The fraction of sp³-hybridized carbons (Fsp3) is 0.400. The third kappa shape index (κ3) is 5.26. The van der Waals surface area contributed by atoms with E-state index in [-0.39, 0.29) is 0 Å². The molecule has 0 unspecified atom stereocenters. The van der Waals surface area contributed by atoms with Crippen LogP contribution in [0, 0.1) is 6.92 Å². The Morgan fingerprint density at radius 2 is 1.62 bits per heavy atom. The summed E-state index contributed by atoms with van der Waals surface area (Å²) in [4.78, 5) is 0. The van der Waals surface area contributed by atoms with Gasteiger partial charge < -0.3 is 5.32 Å². The highest BCUT2D eigenvalue weighted by molar-refractivity contribution is 5.52. The fourth-order valence-electron chi connectivity index (χ4n) is 2.55. The highest BCUT2D eigenvalue weighted by Gasteiger charge is 2.02. The van der Waals surface area contributed by atoms with Gasteiger partial charge in [-0.25, -0.2) is 0 Å². The molecule has 0 fully saturated rings. The van der Waals surface area contributed by atoms with Gasteiger partial charge in [-0.3, -0.25) is 0 Å². The summed E-state index contributed by atoms with van der Waals surface area (Å²) in [5.74, 6) is 0. The SMILES string of the molecule is CCCCCCNc1ccccc1Cc1ccc(C)cc1.